The maximum absolute atomic E-state index is 3.71. The molecule has 0 saturated carbocycles. The second kappa shape index (κ2) is 5.96. The van der Waals surface area contributed by atoms with Crippen LogP contribution >= 0.6 is 15.9 Å². The zero-order valence-electron chi connectivity index (χ0n) is 9.44. The van der Waals surface area contributed by atoms with Gasteiger partial charge in [0, 0.05) is 11.0 Å². The first-order chi connectivity index (χ1) is 7.15. The Balaban J connectivity index is 2.64. The fourth-order valence-corrected chi connectivity index (χ4v) is 2.41. The van der Waals surface area contributed by atoms with E-state index in [0.717, 1.165) is 23.9 Å². The maximum Gasteiger partial charge on any atom is 0.0514 e. The number of nitrogens with one attached hydrogen (secondary N) is 1. The van der Waals surface area contributed by atoms with Crippen molar-refractivity contribution in [2.75, 3.05) is 11.9 Å². The highest BCUT2D eigenvalue weighted by Crippen LogP contribution is 2.27. The number of hydrogen-bond donors (Lipinski definition) is 1. The number of benzene rings is 1. The Hall–Kier alpha value is -0.760. The summed E-state index contributed by atoms with van der Waals surface area (Å²) in [5.74, 6) is 0. The van der Waals surface area contributed by atoms with Crippen molar-refractivity contribution >= 4 is 21.6 Å². The maximum atomic E-state index is 3.71. The van der Waals surface area contributed by atoms with E-state index in [1.54, 1.807) is 0 Å². The predicted molar refractivity (Wildman–Crippen MR) is 71.5 cm³/mol. The molecular weight excluding hydrogens is 250 g/mol. The van der Waals surface area contributed by atoms with Crippen molar-refractivity contribution in [3.63, 3.8) is 0 Å². The minimum atomic E-state index is 0.995. The van der Waals surface area contributed by atoms with Gasteiger partial charge < -0.3 is 5.32 Å². The van der Waals surface area contributed by atoms with Crippen molar-refractivity contribution in [3.8, 4) is 0 Å². The molecule has 82 valence electrons. The molecule has 1 aromatic rings. The Morgan fingerprint density at radius 1 is 1.40 bits per heavy atom. The third-order valence-corrected chi connectivity index (χ3v) is 2.94. The molecule has 0 radical (unpaired) electrons. The largest absolute Gasteiger partial charge is 0.384 e. The van der Waals surface area contributed by atoms with Crippen LogP contribution in [0.25, 0.3) is 0 Å². The lowest BCUT2D eigenvalue weighted by Gasteiger charge is -2.12. The molecule has 1 N–H and O–H groups in total. The molecular formula is C13H18BrN. The van der Waals surface area contributed by atoms with Crippen molar-refractivity contribution in [2.45, 2.75) is 26.7 Å². The smallest absolute Gasteiger partial charge is 0.0514 e. The van der Waals surface area contributed by atoms with Crippen LogP contribution in [-0.2, 0) is 0 Å². The molecule has 0 bridgehead atoms. The van der Waals surface area contributed by atoms with Gasteiger partial charge in [-0.1, -0.05) is 12.1 Å². The lowest BCUT2D eigenvalue weighted by molar-refractivity contribution is 0.889. The summed E-state index contributed by atoms with van der Waals surface area (Å²) in [4.78, 5) is 0. The van der Waals surface area contributed by atoms with Gasteiger partial charge in [-0.15, -0.1) is 6.58 Å². The van der Waals surface area contributed by atoms with Gasteiger partial charge in [-0.25, -0.2) is 0 Å². The molecule has 0 aliphatic carbocycles. The zero-order chi connectivity index (χ0) is 11.3. The number of hydrogen-bond acceptors (Lipinski definition) is 1. The molecule has 0 aliphatic rings. The number of anilines is 1. The summed E-state index contributed by atoms with van der Waals surface area (Å²) >= 11 is 3.58. The number of rotatable bonds is 5. The van der Waals surface area contributed by atoms with E-state index in [4.69, 9.17) is 0 Å². The molecule has 1 nitrogen and oxygen atoms in total. The number of aryl methyl sites for hydroxylation is 2. The summed E-state index contributed by atoms with van der Waals surface area (Å²) in [5, 5.41) is 3.45. The second-order valence-corrected chi connectivity index (χ2v) is 4.65. The molecule has 0 amide bonds. The van der Waals surface area contributed by atoms with E-state index in [0.29, 0.717) is 0 Å². The summed E-state index contributed by atoms with van der Waals surface area (Å²) in [6.45, 7) is 8.95. The lowest BCUT2D eigenvalue weighted by atomic mass is 10.1. The molecule has 0 heterocycles. The SMILES string of the molecule is C=CCCCNc1c(C)cc(C)cc1Br. The highest BCUT2D eigenvalue weighted by atomic mass is 79.9. The minimum Gasteiger partial charge on any atom is -0.384 e. The van der Waals surface area contributed by atoms with Crippen LogP contribution in [-0.4, -0.2) is 6.54 Å². The van der Waals surface area contributed by atoms with E-state index in [-0.39, 0.29) is 0 Å². The predicted octanol–water partition coefficient (Wildman–Crippen LogP) is 4.44. The van der Waals surface area contributed by atoms with Crippen LogP contribution in [0.4, 0.5) is 5.69 Å². The van der Waals surface area contributed by atoms with Gasteiger partial charge in [0.25, 0.3) is 0 Å². The first-order valence-corrected chi connectivity index (χ1v) is 6.06. The van der Waals surface area contributed by atoms with Crippen molar-refractivity contribution in [2.24, 2.45) is 0 Å². The monoisotopic (exact) mass is 267 g/mol. The summed E-state index contributed by atoms with van der Waals surface area (Å²) in [5.41, 5.74) is 3.79. The first-order valence-electron chi connectivity index (χ1n) is 5.26. The summed E-state index contributed by atoms with van der Waals surface area (Å²) in [7, 11) is 0. The molecule has 0 aliphatic heterocycles. The van der Waals surface area contributed by atoms with Gasteiger partial charge in [0.2, 0.25) is 0 Å². The van der Waals surface area contributed by atoms with Crippen LogP contribution in [0.2, 0.25) is 0 Å². The van der Waals surface area contributed by atoms with Gasteiger partial charge in [-0.2, -0.15) is 0 Å². The van der Waals surface area contributed by atoms with E-state index in [1.165, 1.54) is 16.8 Å². The molecule has 1 rings (SSSR count). The molecule has 15 heavy (non-hydrogen) atoms. The van der Waals surface area contributed by atoms with Crippen LogP contribution < -0.4 is 5.32 Å². The lowest BCUT2D eigenvalue weighted by Crippen LogP contribution is -2.03. The summed E-state index contributed by atoms with van der Waals surface area (Å²) < 4.78 is 1.15. The van der Waals surface area contributed by atoms with E-state index in [2.05, 4.69) is 53.8 Å². The van der Waals surface area contributed by atoms with E-state index >= 15 is 0 Å². The molecule has 0 spiro atoms. The number of unbranched alkanes of at least 4 members (excludes halogenated alkanes) is 1. The first kappa shape index (κ1) is 12.3. The Morgan fingerprint density at radius 3 is 2.73 bits per heavy atom. The molecule has 0 saturated heterocycles. The van der Waals surface area contributed by atoms with E-state index in [9.17, 15) is 0 Å². The fraction of sp³-hybridized carbons (Fsp3) is 0.385. The Labute approximate surface area is 101 Å². The highest BCUT2D eigenvalue weighted by Gasteiger charge is 2.03. The molecule has 2 heteroatoms. The normalized spacial score (nSPS) is 10.1. The minimum absolute atomic E-state index is 0.995. The van der Waals surface area contributed by atoms with Crippen LogP contribution in [0, 0.1) is 13.8 Å². The molecule has 0 atom stereocenters. The van der Waals surface area contributed by atoms with Gasteiger partial charge in [0.1, 0.15) is 0 Å². The number of halogens is 1. The summed E-state index contributed by atoms with van der Waals surface area (Å²) in [6, 6.07) is 4.34. The molecule has 0 fully saturated rings. The third kappa shape index (κ3) is 3.71. The summed E-state index contributed by atoms with van der Waals surface area (Å²) in [6.07, 6.45) is 4.15. The van der Waals surface area contributed by atoms with E-state index in [1.807, 2.05) is 6.08 Å². The van der Waals surface area contributed by atoms with Crippen molar-refractivity contribution < 1.29 is 0 Å². The highest BCUT2D eigenvalue weighted by molar-refractivity contribution is 9.10. The van der Waals surface area contributed by atoms with Gasteiger partial charge in [-0.05, 0) is 59.8 Å². The third-order valence-electron chi connectivity index (χ3n) is 2.32. The van der Waals surface area contributed by atoms with Crippen LogP contribution in [0.5, 0.6) is 0 Å². The second-order valence-electron chi connectivity index (χ2n) is 3.80. The molecule has 0 unspecified atom stereocenters. The van der Waals surface area contributed by atoms with E-state index < -0.39 is 0 Å². The van der Waals surface area contributed by atoms with Crippen LogP contribution in [0.1, 0.15) is 24.0 Å². The van der Waals surface area contributed by atoms with Crippen LogP contribution in [0.15, 0.2) is 29.3 Å². The number of allylic oxidation sites excluding steroid dienone is 1. The van der Waals surface area contributed by atoms with Gasteiger partial charge in [0.15, 0.2) is 0 Å². The Kier molecular flexibility index (Phi) is 4.89. The zero-order valence-corrected chi connectivity index (χ0v) is 11.0. The van der Waals surface area contributed by atoms with Crippen molar-refractivity contribution in [1.29, 1.82) is 0 Å². The topological polar surface area (TPSA) is 12.0 Å². The average Bonchev–Trinajstić information content (AvgIpc) is 2.15. The van der Waals surface area contributed by atoms with Gasteiger partial charge >= 0.3 is 0 Å². The Bertz CT molecular complexity index is 321. The van der Waals surface area contributed by atoms with Crippen molar-refractivity contribution in [3.05, 3.63) is 40.4 Å². The Morgan fingerprint density at radius 2 is 2.13 bits per heavy atom. The van der Waals surface area contributed by atoms with Gasteiger partial charge in [-0.3, -0.25) is 0 Å². The average molecular weight is 268 g/mol. The fourth-order valence-electron chi connectivity index (χ4n) is 1.60. The standard InChI is InChI=1S/C13H18BrN/c1-4-5-6-7-15-13-11(3)8-10(2)9-12(13)14/h4,8-9,15H,1,5-7H2,2-3H3. The quantitative estimate of drug-likeness (QED) is 0.614. The van der Waals surface area contributed by atoms with Gasteiger partial charge in [0.05, 0.1) is 5.69 Å². The molecule has 1 aromatic carbocycles. The van der Waals surface area contributed by atoms with Crippen LogP contribution in [0.3, 0.4) is 0 Å². The molecule has 0 aromatic heterocycles. The van der Waals surface area contributed by atoms with Crippen molar-refractivity contribution in [1.82, 2.24) is 0 Å².